The zero-order chi connectivity index (χ0) is 19.2. The summed E-state index contributed by atoms with van der Waals surface area (Å²) in [4.78, 5) is 2.01. The van der Waals surface area contributed by atoms with Crippen molar-refractivity contribution in [3.8, 4) is 16.9 Å². The average molecular weight is 372 g/mol. The highest BCUT2D eigenvalue weighted by molar-refractivity contribution is 5.74. The molecule has 0 atom stereocenters. The van der Waals surface area contributed by atoms with Gasteiger partial charge in [0.15, 0.2) is 0 Å². The van der Waals surface area contributed by atoms with Gasteiger partial charge in [-0.05, 0) is 36.8 Å². The van der Waals surface area contributed by atoms with Crippen molar-refractivity contribution in [2.75, 3.05) is 30.9 Å². The number of benzene rings is 2. The van der Waals surface area contributed by atoms with Crippen LogP contribution in [0.1, 0.15) is 11.1 Å². The molecule has 3 aromatic rings. The van der Waals surface area contributed by atoms with E-state index in [9.17, 15) is 13.2 Å². The molecule has 4 nitrogen and oxygen atoms in total. The van der Waals surface area contributed by atoms with Crippen molar-refractivity contribution in [3.05, 3.63) is 59.7 Å². The van der Waals surface area contributed by atoms with Gasteiger partial charge >= 0.3 is 6.18 Å². The maximum atomic E-state index is 13.1. The minimum atomic E-state index is -4.38. The molecule has 2 heterocycles. The lowest BCUT2D eigenvalue weighted by Gasteiger charge is -2.12. The van der Waals surface area contributed by atoms with Crippen molar-refractivity contribution in [1.29, 1.82) is 0 Å². The summed E-state index contributed by atoms with van der Waals surface area (Å²) >= 11 is 0. The van der Waals surface area contributed by atoms with Gasteiger partial charge < -0.3 is 10.2 Å². The van der Waals surface area contributed by atoms with E-state index >= 15 is 0 Å². The first-order valence-corrected chi connectivity index (χ1v) is 8.66. The van der Waals surface area contributed by atoms with Gasteiger partial charge in [0.25, 0.3) is 0 Å². The number of halogens is 3. The SMILES string of the molecule is CN(C)c1ccc(-c2nn(-c3cccc(C(F)(F)F)c3)c3c2CCN3)cc1. The fourth-order valence-corrected chi connectivity index (χ4v) is 3.32. The summed E-state index contributed by atoms with van der Waals surface area (Å²) < 4.78 is 40.8. The molecule has 7 heteroatoms. The minimum Gasteiger partial charge on any atom is -0.378 e. The van der Waals surface area contributed by atoms with E-state index in [1.165, 1.54) is 6.07 Å². The normalized spacial score (nSPS) is 13.4. The maximum Gasteiger partial charge on any atom is 0.416 e. The highest BCUT2D eigenvalue weighted by Crippen LogP contribution is 2.36. The molecule has 1 aliphatic heterocycles. The Bertz CT molecular complexity index is 972. The van der Waals surface area contributed by atoms with Gasteiger partial charge in [0, 0.05) is 37.5 Å². The lowest BCUT2D eigenvalue weighted by Crippen LogP contribution is -2.08. The van der Waals surface area contributed by atoms with Gasteiger partial charge in [0.2, 0.25) is 0 Å². The molecule has 0 saturated heterocycles. The Morgan fingerprint density at radius 1 is 1.07 bits per heavy atom. The Balaban J connectivity index is 1.80. The lowest BCUT2D eigenvalue weighted by atomic mass is 10.1. The molecular formula is C20H19F3N4. The predicted octanol–water partition coefficient (Wildman–Crippen LogP) is 4.59. The number of rotatable bonds is 3. The first-order chi connectivity index (χ1) is 12.8. The fourth-order valence-electron chi connectivity index (χ4n) is 3.32. The third kappa shape index (κ3) is 3.13. The van der Waals surface area contributed by atoms with Crippen LogP contribution < -0.4 is 10.2 Å². The Labute approximate surface area is 155 Å². The van der Waals surface area contributed by atoms with Crippen LogP contribution in [0.3, 0.4) is 0 Å². The zero-order valence-corrected chi connectivity index (χ0v) is 15.0. The molecule has 1 aliphatic rings. The molecule has 0 radical (unpaired) electrons. The van der Waals surface area contributed by atoms with E-state index in [2.05, 4.69) is 10.4 Å². The quantitative estimate of drug-likeness (QED) is 0.730. The largest absolute Gasteiger partial charge is 0.416 e. The second-order valence-electron chi connectivity index (χ2n) is 6.75. The number of aromatic nitrogens is 2. The summed E-state index contributed by atoms with van der Waals surface area (Å²) in [7, 11) is 3.94. The molecule has 1 aromatic heterocycles. The van der Waals surface area contributed by atoms with E-state index in [1.807, 2.05) is 43.3 Å². The number of anilines is 2. The molecule has 2 aromatic carbocycles. The van der Waals surface area contributed by atoms with Crippen LogP contribution in [-0.4, -0.2) is 30.4 Å². The molecule has 0 unspecified atom stereocenters. The number of nitrogens with one attached hydrogen (secondary N) is 1. The van der Waals surface area contributed by atoms with Crippen LogP contribution in [0.15, 0.2) is 48.5 Å². The molecule has 0 spiro atoms. The van der Waals surface area contributed by atoms with Gasteiger partial charge in [0.05, 0.1) is 16.9 Å². The van der Waals surface area contributed by atoms with Crippen LogP contribution in [0.5, 0.6) is 0 Å². The summed E-state index contributed by atoms with van der Waals surface area (Å²) in [6, 6.07) is 13.3. The number of nitrogens with zero attached hydrogens (tertiary/aromatic N) is 3. The summed E-state index contributed by atoms with van der Waals surface area (Å²) in [5, 5.41) is 7.90. The van der Waals surface area contributed by atoms with E-state index in [1.54, 1.807) is 10.7 Å². The van der Waals surface area contributed by atoms with Gasteiger partial charge in [-0.15, -0.1) is 0 Å². The van der Waals surface area contributed by atoms with Crippen LogP contribution in [-0.2, 0) is 12.6 Å². The molecule has 27 heavy (non-hydrogen) atoms. The Morgan fingerprint density at radius 2 is 1.81 bits per heavy atom. The van der Waals surface area contributed by atoms with Gasteiger partial charge in [-0.2, -0.15) is 18.3 Å². The molecule has 0 fully saturated rings. The Hall–Kier alpha value is -2.96. The van der Waals surface area contributed by atoms with E-state index in [4.69, 9.17) is 0 Å². The van der Waals surface area contributed by atoms with Crippen LogP contribution in [0.4, 0.5) is 24.7 Å². The molecule has 0 bridgehead atoms. The number of alkyl halides is 3. The highest BCUT2D eigenvalue weighted by Gasteiger charge is 2.31. The minimum absolute atomic E-state index is 0.395. The van der Waals surface area contributed by atoms with Crippen LogP contribution >= 0.6 is 0 Å². The second kappa shape index (κ2) is 6.33. The van der Waals surface area contributed by atoms with E-state index in [0.29, 0.717) is 5.69 Å². The van der Waals surface area contributed by atoms with E-state index in [-0.39, 0.29) is 0 Å². The summed E-state index contributed by atoms with van der Waals surface area (Å²) in [5.74, 6) is 0.765. The van der Waals surface area contributed by atoms with Gasteiger partial charge in [-0.3, -0.25) is 0 Å². The molecule has 0 aliphatic carbocycles. The molecule has 4 rings (SSSR count). The lowest BCUT2D eigenvalue weighted by molar-refractivity contribution is -0.137. The van der Waals surface area contributed by atoms with E-state index < -0.39 is 11.7 Å². The highest BCUT2D eigenvalue weighted by atomic mass is 19.4. The van der Waals surface area contributed by atoms with Crippen molar-refractivity contribution in [2.45, 2.75) is 12.6 Å². The third-order valence-corrected chi connectivity index (χ3v) is 4.73. The number of fused-ring (bicyclic) bond motifs is 1. The van der Waals surface area contributed by atoms with Crippen molar-refractivity contribution in [1.82, 2.24) is 9.78 Å². The predicted molar refractivity (Wildman–Crippen MR) is 101 cm³/mol. The van der Waals surface area contributed by atoms with E-state index in [0.717, 1.165) is 53.4 Å². The molecule has 1 N–H and O–H groups in total. The molecule has 0 saturated carbocycles. The fraction of sp³-hybridized carbons (Fsp3) is 0.250. The van der Waals surface area contributed by atoms with Crippen molar-refractivity contribution < 1.29 is 13.2 Å². The third-order valence-electron chi connectivity index (χ3n) is 4.73. The monoisotopic (exact) mass is 372 g/mol. The average Bonchev–Trinajstić information content (AvgIpc) is 3.23. The topological polar surface area (TPSA) is 33.1 Å². The summed E-state index contributed by atoms with van der Waals surface area (Å²) in [6.07, 6.45) is -3.59. The molecule has 140 valence electrons. The van der Waals surface area contributed by atoms with Gasteiger partial charge in [0.1, 0.15) is 5.82 Å². The smallest absolute Gasteiger partial charge is 0.378 e. The summed E-state index contributed by atoms with van der Waals surface area (Å²) in [6.45, 7) is 0.745. The first kappa shape index (κ1) is 17.5. The Kier molecular flexibility index (Phi) is 4.09. The van der Waals surface area contributed by atoms with Crippen LogP contribution in [0.25, 0.3) is 16.9 Å². The number of hydrogen-bond acceptors (Lipinski definition) is 3. The second-order valence-corrected chi connectivity index (χ2v) is 6.75. The maximum absolute atomic E-state index is 13.1. The van der Waals surface area contributed by atoms with Gasteiger partial charge in [-0.1, -0.05) is 18.2 Å². The van der Waals surface area contributed by atoms with Crippen LogP contribution in [0.2, 0.25) is 0 Å². The van der Waals surface area contributed by atoms with Crippen molar-refractivity contribution in [3.63, 3.8) is 0 Å². The van der Waals surface area contributed by atoms with Crippen LogP contribution in [0, 0.1) is 0 Å². The molecular weight excluding hydrogens is 353 g/mol. The van der Waals surface area contributed by atoms with Crippen molar-refractivity contribution in [2.24, 2.45) is 0 Å². The standard InChI is InChI=1S/C20H19F3N4/c1-26(2)15-8-6-13(7-9-15)18-17-10-11-24-19(17)27(25-18)16-5-3-4-14(12-16)20(21,22)23/h3-9,12,24H,10-11H2,1-2H3. The van der Waals surface area contributed by atoms with Gasteiger partial charge in [-0.25, -0.2) is 4.68 Å². The summed E-state index contributed by atoms with van der Waals surface area (Å²) in [5.41, 5.74) is 3.57. The number of hydrogen-bond donors (Lipinski definition) is 1. The molecule has 0 amide bonds. The zero-order valence-electron chi connectivity index (χ0n) is 15.0. The van der Waals surface area contributed by atoms with Crippen molar-refractivity contribution >= 4 is 11.5 Å². The first-order valence-electron chi connectivity index (χ1n) is 8.66. The Morgan fingerprint density at radius 3 is 2.48 bits per heavy atom.